The van der Waals surface area contributed by atoms with Crippen LogP contribution in [0.5, 0.6) is 0 Å². The van der Waals surface area contributed by atoms with Crippen molar-refractivity contribution in [3.8, 4) is 0 Å². The maximum Gasteiger partial charge on any atom is 0.410 e. The normalized spacial score (nSPS) is 19.8. The van der Waals surface area contributed by atoms with E-state index in [1.54, 1.807) is 24.0 Å². The molecule has 1 aromatic carbocycles. The number of likely N-dealkylation sites (tertiary alicyclic amines) is 1. The summed E-state index contributed by atoms with van der Waals surface area (Å²) in [6.45, 7) is 17.8. The van der Waals surface area contributed by atoms with E-state index in [0.717, 1.165) is 25.2 Å². The fraction of sp³-hybridized carbons (Fsp3) is 0.677. The van der Waals surface area contributed by atoms with Gasteiger partial charge in [0, 0.05) is 39.2 Å². The Hall–Kier alpha value is -2.34. The third-order valence-electron chi connectivity index (χ3n) is 7.23. The number of methoxy groups -OCH3 is 1. The Balaban J connectivity index is 0.000000439. The molecule has 3 rings (SSSR count). The summed E-state index contributed by atoms with van der Waals surface area (Å²) in [5.41, 5.74) is 1.97. The molecule has 1 heterocycles. The van der Waals surface area contributed by atoms with Gasteiger partial charge in [-0.3, -0.25) is 4.79 Å². The van der Waals surface area contributed by atoms with Crippen LogP contribution >= 0.6 is 0 Å². The monoisotopic (exact) mass is 516 g/mol. The second kappa shape index (κ2) is 15.8. The number of carbonyl (C=O) groups excluding carboxylic acids is 2. The van der Waals surface area contributed by atoms with Gasteiger partial charge in [-0.1, -0.05) is 56.3 Å². The van der Waals surface area contributed by atoms with Crippen LogP contribution < -0.4 is 0 Å². The fourth-order valence-electron chi connectivity index (χ4n) is 5.03. The molecule has 0 aromatic heterocycles. The number of amides is 2. The lowest BCUT2D eigenvalue weighted by Gasteiger charge is -2.43. The molecule has 1 saturated heterocycles. The molecule has 2 fully saturated rings. The van der Waals surface area contributed by atoms with E-state index in [1.165, 1.54) is 36.8 Å². The summed E-state index contributed by atoms with van der Waals surface area (Å²) in [7, 11) is 3.58. The lowest BCUT2D eigenvalue weighted by molar-refractivity contribution is -0.119. The van der Waals surface area contributed by atoms with Gasteiger partial charge < -0.3 is 19.3 Å². The van der Waals surface area contributed by atoms with Crippen molar-refractivity contribution in [3.05, 3.63) is 48.0 Å². The van der Waals surface area contributed by atoms with E-state index in [4.69, 9.17) is 9.47 Å². The zero-order valence-corrected chi connectivity index (χ0v) is 24.7. The zero-order valence-electron chi connectivity index (χ0n) is 24.7. The maximum atomic E-state index is 12.4. The van der Waals surface area contributed by atoms with Crippen LogP contribution in [0.1, 0.15) is 85.6 Å². The van der Waals surface area contributed by atoms with Gasteiger partial charge in [0.25, 0.3) is 0 Å². The number of nitrogens with zero attached hydrogens (tertiary/aromatic N) is 2. The lowest BCUT2D eigenvalue weighted by atomic mass is 9.72. The molecule has 1 aliphatic heterocycles. The van der Waals surface area contributed by atoms with Crippen LogP contribution in [0.3, 0.4) is 0 Å². The molecule has 0 bridgehead atoms. The smallest absolute Gasteiger partial charge is 0.410 e. The number of hydrogen-bond acceptors (Lipinski definition) is 4. The van der Waals surface area contributed by atoms with E-state index in [1.807, 2.05) is 52.8 Å². The molecular weight excluding hydrogens is 464 g/mol. The molecule has 210 valence electrons. The molecule has 2 atom stereocenters. The number of allylic oxidation sites excluding steroid dienone is 1. The highest BCUT2D eigenvalue weighted by Crippen LogP contribution is 2.36. The molecule has 0 N–H and O–H groups in total. The third kappa shape index (κ3) is 10.9. The number of benzene rings is 1. The molecule has 0 radical (unpaired) electrons. The first-order valence-corrected chi connectivity index (χ1v) is 13.9. The second-order valence-corrected chi connectivity index (χ2v) is 11.2. The topological polar surface area (TPSA) is 59.1 Å². The number of rotatable bonds is 6. The number of likely N-dealkylation sites (N-methyl/N-ethyl adjacent to an activating group) is 1. The summed E-state index contributed by atoms with van der Waals surface area (Å²) in [6.07, 6.45) is 7.70. The van der Waals surface area contributed by atoms with E-state index < -0.39 is 5.60 Å². The molecule has 6 nitrogen and oxygen atoms in total. The molecule has 6 heteroatoms. The molecule has 2 unspecified atom stereocenters. The quantitative estimate of drug-likeness (QED) is 0.307. The standard InChI is InChI=1S/C19H28N2O3.C10H18O.C2H6/c1-18(2,3)24-17(23)20(4)14-19(16-8-6-5-7-9-16)10-12-21(15-22)13-11-19;1-8-5-4-6-10(7-8)9(2)11-3;1-2/h5-9,15H,10-14H2,1-4H3;9-10H,1,4-7H2,2-3H3;1-2H3. The Bertz CT molecular complexity index is 810. The average molecular weight is 517 g/mol. The molecule has 0 spiro atoms. The van der Waals surface area contributed by atoms with E-state index in [-0.39, 0.29) is 11.5 Å². The highest BCUT2D eigenvalue weighted by Gasteiger charge is 2.38. The number of hydrogen-bond donors (Lipinski definition) is 0. The third-order valence-corrected chi connectivity index (χ3v) is 7.23. The molecule has 2 aliphatic rings. The van der Waals surface area contributed by atoms with Crippen molar-refractivity contribution in [2.24, 2.45) is 5.92 Å². The van der Waals surface area contributed by atoms with Gasteiger partial charge in [-0.25, -0.2) is 4.79 Å². The average Bonchev–Trinajstić information content (AvgIpc) is 2.89. The summed E-state index contributed by atoms with van der Waals surface area (Å²) >= 11 is 0. The Morgan fingerprint density at radius 1 is 1.22 bits per heavy atom. The van der Waals surface area contributed by atoms with Gasteiger partial charge in [-0.2, -0.15) is 0 Å². The molecule has 37 heavy (non-hydrogen) atoms. The summed E-state index contributed by atoms with van der Waals surface area (Å²) in [6, 6.07) is 10.3. The van der Waals surface area contributed by atoms with E-state index in [0.29, 0.717) is 25.7 Å². The predicted octanol–water partition coefficient (Wildman–Crippen LogP) is 6.84. The number of ether oxygens (including phenoxy) is 2. The highest BCUT2D eigenvalue weighted by molar-refractivity contribution is 5.68. The molecule has 2 amide bonds. The van der Waals surface area contributed by atoms with Crippen molar-refractivity contribution in [2.75, 3.05) is 33.8 Å². The van der Waals surface area contributed by atoms with Crippen molar-refractivity contribution in [2.45, 2.75) is 97.2 Å². The fourth-order valence-corrected chi connectivity index (χ4v) is 5.03. The maximum absolute atomic E-state index is 12.4. The minimum atomic E-state index is -0.508. The minimum absolute atomic E-state index is 0.146. The van der Waals surface area contributed by atoms with Crippen LogP contribution in [0.25, 0.3) is 0 Å². The van der Waals surface area contributed by atoms with Gasteiger partial charge in [0.15, 0.2) is 0 Å². The summed E-state index contributed by atoms with van der Waals surface area (Å²) < 4.78 is 10.8. The Morgan fingerprint density at radius 2 is 1.81 bits per heavy atom. The van der Waals surface area contributed by atoms with E-state index in [2.05, 4.69) is 25.6 Å². The number of carbonyl (C=O) groups is 2. The molecule has 1 aliphatic carbocycles. The van der Waals surface area contributed by atoms with Crippen LogP contribution in [-0.4, -0.2) is 67.8 Å². The van der Waals surface area contributed by atoms with Gasteiger partial charge in [0.1, 0.15) is 5.60 Å². The lowest BCUT2D eigenvalue weighted by Crippen LogP contribution is -2.49. The first-order chi connectivity index (χ1) is 17.5. The van der Waals surface area contributed by atoms with Crippen molar-refractivity contribution < 1.29 is 19.1 Å². The Labute approximate surface area is 226 Å². The first kappa shape index (κ1) is 32.7. The van der Waals surface area contributed by atoms with Crippen LogP contribution in [-0.2, 0) is 19.7 Å². The van der Waals surface area contributed by atoms with Gasteiger partial charge in [-0.15, -0.1) is 0 Å². The molecule has 1 saturated carbocycles. The van der Waals surface area contributed by atoms with Crippen LogP contribution in [0.4, 0.5) is 4.79 Å². The summed E-state index contributed by atoms with van der Waals surface area (Å²) in [5.74, 6) is 0.723. The first-order valence-electron chi connectivity index (χ1n) is 13.9. The van der Waals surface area contributed by atoms with Crippen molar-refractivity contribution in [1.29, 1.82) is 0 Å². The van der Waals surface area contributed by atoms with Crippen molar-refractivity contribution >= 4 is 12.5 Å². The summed E-state index contributed by atoms with van der Waals surface area (Å²) in [5, 5.41) is 0. The van der Waals surface area contributed by atoms with Crippen molar-refractivity contribution in [1.82, 2.24) is 9.80 Å². The second-order valence-electron chi connectivity index (χ2n) is 11.2. The van der Waals surface area contributed by atoms with Gasteiger partial charge in [-0.05, 0) is 77.7 Å². The largest absolute Gasteiger partial charge is 0.444 e. The van der Waals surface area contributed by atoms with Gasteiger partial charge in [0.05, 0.1) is 6.10 Å². The van der Waals surface area contributed by atoms with Crippen LogP contribution in [0, 0.1) is 5.92 Å². The van der Waals surface area contributed by atoms with Gasteiger partial charge >= 0.3 is 6.09 Å². The summed E-state index contributed by atoms with van der Waals surface area (Å²) in [4.78, 5) is 26.9. The van der Waals surface area contributed by atoms with Crippen LogP contribution in [0.15, 0.2) is 42.5 Å². The predicted molar refractivity (Wildman–Crippen MR) is 153 cm³/mol. The minimum Gasteiger partial charge on any atom is -0.444 e. The SMILES string of the molecule is C=C1CCCC(C(C)OC)C1.CC.CN(CC1(c2ccccc2)CCN(C=O)CC1)C(=O)OC(C)(C)C. The zero-order chi connectivity index (χ0) is 28.1. The van der Waals surface area contributed by atoms with Gasteiger partial charge in [0.2, 0.25) is 6.41 Å². The molecular formula is C31H52N2O4. The van der Waals surface area contributed by atoms with Crippen LogP contribution in [0.2, 0.25) is 0 Å². The van der Waals surface area contributed by atoms with E-state index >= 15 is 0 Å². The highest BCUT2D eigenvalue weighted by atomic mass is 16.6. The van der Waals surface area contributed by atoms with E-state index in [9.17, 15) is 9.59 Å². The van der Waals surface area contributed by atoms with Crippen molar-refractivity contribution in [3.63, 3.8) is 0 Å². The Kier molecular flexibility index (Phi) is 14.0. The molecule has 1 aromatic rings. The number of piperidine rings is 1. The Morgan fingerprint density at radius 3 is 2.30 bits per heavy atom.